The van der Waals surface area contributed by atoms with Gasteiger partial charge in [0.25, 0.3) is 0 Å². The van der Waals surface area contributed by atoms with Crippen molar-refractivity contribution in [2.75, 3.05) is 27.4 Å². The van der Waals surface area contributed by atoms with Crippen LogP contribution < -0.4 is 9.47 Å². The molecule has 1 aromatic carbocycles. The first-order chi connectivity index (χ1) is 12.0. The maximum Gasteiger partial charge on any atom is 0.333 e. The van der Waals surface area contributed by atoms with Crippen molar-refractivity contribution in [2.24, 2.45) is 0 Å². The fraction of sp³-hybridized carbons (Fsp3) is 0.368. The fourth-order valence-corrected chi connectivity index (χ4v) is 1.83. The normalized spacial score (nSPS) is 10.4. The summed E-state index contributed by atoms with van der Waals surface area (Å²) in [4.78, 5) is 22.8. The number of hydrogen-bond acceptors (Lipinski definition) is 6. The van der Waals surface area contributed by atoms with Crippen LogP contribution in [0.15, 0.2) is 36.4 Å². The molecule has 0 spiro atoms. The van der Waals surface area contributed by atoms with E-state index in [1.807, 2.05) is 0 Å². The molecule has 0 N–H and O–H groups in total. The number of ether oxygens (including phenoxy) is 4. The van der Waals surface area contributed by atoms with Crippen molar-refractivity contribution in [1.82, 2.24) is 0 Å². The van der Waals surface area contributed by atoms with Gasteiger partial charge in [0.1, 0.15) is 0 Å². The Kier molecular flexibility index (Phi) is 8.85. The standard InChI is InChI=1S/C19H24O6/c1-14(2)19(21)25-12-6-5-11-24-18(20)10-8-15-7-9-16(22-3)17(13-15)23-4/h7-10,13H,1,5-6,11-12H2,2-4H3/b10-8+. The zero-order chi connectivity index (χ0) is 18.7. The van der Waals surface area contributed by atoms with Crippen LogP contribution in [0.5, 0.6) is 11.5 Å². The first-order valence-electron chi connectivity index (χ1n) is 7.87. The Labute approximate surface area is 148 Å². The number of benzene rings is 1. The Morgan fingerprint density at radius 2 is 1.68 bits per heavy atom. The molecule has 0 aliphatic heterocycles. The Morgan fingerprint density at radius 1 is 1.04 bits per heavy atom. The molecule has 1 aromatic rings. The van der Waals surface area contributed by atoms with E-state index in [2.05, 4.69) is 6.58 Å². The van der Waals surface area contributed by atoms with E-state index in [9.17, 15) is 9.59 Å². The third kappa shape index (κ3) is 7.56. The van der Waals surface area contributed by atoms with Crippen molar-refractivity contribution < 1.29 is 28.5 Å². The van der Waals surface area contributed by atoms with E-state index in [4.69, 9.17) is 18.9 Å². The van der Waals surface area contributed by atoms with Gasteiger partial charge >= 0.3 is 11.9 Å². The van der Waals surface area contributed by atoms with Gasteiger partial charge in [-0.2, -0.15) is 0 Å². The average Bonchev–Trinajstić information content (AvgIpc) is 2.62. The van der Waals surface area contributed by atoms with Crippen LogP contribution in [-0.4, -0.2) is 39.4 Å². The highest BCUT2D eigenvalue weighted by Crippen LogP contribution is 2.27. The van der Waals surface area contributed by atoms with Gasteiger partial charge in [0, 0.05) is 11.6 Å². The predicted molar refractivity (Wildman–Crippen MR) is 94.5 cm³/mol. The van der Waals surface area contributed by atoms with Gasteiger partial charge in [-0.05, 0) is 43.5 Å². The highest BCUT2D eigenvalue weighted by Gasteiger charge is 2.04. The van der Waals surface area contributed by atoms with Crippen molar-refractivity contribution in [2.45, 2.75) is 19.8 Å². The van der Waals surface area contributed by atoms with Crippen molar-refractivity contribution in [1.29, 1.82) is 0 Å². The van der Waals surface area contributed by atoms with Crippen LogP contribution in [0, 0.1) is 0 Å². The number of unbranched alkanes of at least 4 members (excludes halogenated alkanes) is 1. The van der Waals surface area contributed by atoms with E-state index in [1.54, 1.807) is 45.4 Å². The molecule has 0 saturated heterocycles. The van der Waals surface area contributed by atoms with Crippen LogP contribution in [0.3, 0.4) is 0 Å². The third-order valence-electron chi connectivity index (χ3n) is 3.18. The lowest BCUT2D eigenvalue weighted by molar-refractivity contribution is -0.140. The Bertz CT molecular complexity index is 633. The second-order valence-corrected chi connectivity index (χ2v) is 5.24. The molecule has 0 heterocycles. The van der Waals surface area contributed by atoms with Gasteiger partial charge in [0.2, 0.25) is 0 Å². The van der Waals surface area contributed by atoms with E-state index >= 15 is 0 Å². The molecule has 0 aliphatic rings. The van der Waals surface area contributed by atoms with Crippen LogP contribution in [0.1, 0.15) is 25.3 Å². The number of esters is 2. The van der Waals surface area contributed by atoms with Gasteiger partial charge in [-0.3, -0.25) is 0 Å². The summed E-state index contributed by atoms with van der Waals surface area (Å²) in [5.41, 5.74) is 1.16. The van der Waals surface area contributed by atoms with Gasteiger partial charge in [0.05, 0.1) is 27.4 Å². The minimum Gasteiger partial charge on any atom is -0.493 e. The fourth-order valence-electron chi connectivity index (χ4n) is 1.83. The average molecular weight is 348 g/mol. The maximum atomic E-state index is 11.7. The lowest BCUT2D eigenvalue weighted by atomic mass is 10.2. The molecule has 1 rings (SSSR count). The number of carbonyl (C=O) groups is 2. The SMILES string of the molecule is C=C(C)C(=O)OCCCCOC(=O)/C=C/c1ccc(OC)c(OC)c1. The molecule has 0 atom stereocenters. The minimum atomic E-state index is -0.436. The van der Waals surface area contributed by atoms with Gasteiger partial charge < -0.3 is 18.9 Å². The smallest absolute Gasteiger partial charge is 0.333 e. The van der Waals surface area contributed by atoms with Gasteiger partial charge in [-0.25, -0.2) is 9.59 Å². The van der Waals surface area contributed by atoms with Gasteiger partial charge in [-0.15, -0.1) is 0 Å². The largest absolute Gasteiger partial charge is 0.493 e. The van der Waals surface area contributed by atoms with Crippen LogP contribution >= 0.6 is 0 Å². The Morgan fingerprint density at radius 3 is 2.28 bits per heavy atom. The third-order valence-corrected chi connectivity index (χ3v) is 3.18. The molecule has 0 unspecified atom stereocenters. The molecular formula is C19H24O6. The quantitative estimate of drug-likeness (QED) is 0.367. The highest BCUT2D eigenvalue weighted by molar-refractivity contribution is 5.87. The molecule has 0 bridgehead atoms. The van der Waals surface area contributed by atoms with E-state index in [0.717, 1.165) is 5.56 Å². The highest BCUT2D eigenvalue weighted by atomic mass is 16.5. The van der Waals surface area contributed by atoms with Crippen molar-refractivity contribution in [3.05, 3.63) is 42.0 Å². The topological polar surface area (TPSA) is 71.1 Å². The predicted octanol–water partition coefficient (Wildman–Crippen LogP) is 3.16. The molecule has 0 radical (unpaired) electrons. The molecule has 136 valence electrons. The molecule has 0 saturated carbocycles. The number of hydrogen-bond donors (Lipinski definition) is 0. The summed E-state index contributed by atoms with van der Waals surface area (Å²) in [5.74, 6) is 0.362. The monoisotopic (exact) mass is 348 g/mol. The zero-order valence-corrected chi connectivity index (χ0v) is 14.9. The summed E-state index contributed by atoms with van der Waals surface area (Å²) in [5, 5.41) is 0. The van der Waals surface area contributed by atoms with Crippen LogP contribution in [0.4, 0.5) is 0 Å². The number of rotatable bonds is 10. The maximum absolute atomic E-state index is 11.7. The van der Waals surface area contributed by atoms with E-state index in [0.29, 0.717) is 29.9 Å². The molecular weight excluding hydrogens is 324 g/mol. The van der Waals surface area contributed by atoms with Crippen molar-refractivity contribution >= 4 is 18.0 Å². The van der Waals surface area contributed by atoms with Gasteiger partial charge in [0.15, 0.2) is 11.5 Å². The van der Waals surface area contributed by atoms with Crippen LogP contribution in [0.25, 0.3) is 6.08 Å². The lowest BCUT2D eigenvalue weighted by Gasteiger charge is -2.07. The summed E-state index contributed by atoms with van der Waals surface area (Å²) < 4.78 is 20.4. The Hall–Kier alpha value is -2.76. The summed E-state index contributed by atoms with van der Waals surface area (Å²) in [6, 6.07) is 5.33. The summed E-state index contributed by atoms with van der Waals surface area (Å²) in [7, 11) is 3.11. The lowest BCUT2D eigenvalue weighted by Crippen LogP contribution is -2.08. The van der Waals surface area contributed by atoms with E-state index in [-0.39, 0.29) is 13.2 Å². The van der Waals surface area contributed by atoms with Crippen LogP contribution in [0.2, 0.25) is 0 Å². The molecule has 0 aromatic heterocycles. The molecule has 0 fully saturated rings. The second kappa shape index (κ2) is 10.9. The molecule has 6 heteroatoms. The van der Waals surface area contributed by atoms with Crippen LogP contribution in [-0.2, 0) is 19.1 Å². The Balaban J connectivity index is 2.31. The second-order valence-electron chi connectivity index (χ2n) is 5.24. The van der Waals surface area contributed by atoms with Gasteiger partial charge in [-0.1, -0.05) is 12.6 Å². The molecule has 0 aliphatic carbocycles. The summed E-state index contributed by atoms with van der Waals surface area (Å²) in [6.07, 6.45) is 4.21. The molecule has 25 heavy (non-hydrogen) atoms. The first kappa shape index (κ1) is 20.3. The molecule has 6 nitrogen and oxygen atoms in total. The van der Waals surface area contributed by atoms with Crippen molar-refractivity contribution in [3.8, 4) is 11.5 Å². The van der Waals surface area contributed by atoms with E-state index < -0.39 is 11.9 Å². The van der Waals surface area contributed by atoms with Crippen molar-refractivity contribution in [3.63, 3.8) is 0 Å². The summed E-state index contributed by atoms with van der Waals surface area (Å²) >= 11 is 0. The summed E-state index contributed by atoms with van der Waals surface area (Å²) in [6.45, 7) is 5.63. The number of carbonyl (C=O) groups excluding carboxylic acids is 2. The first-order valence-corrected chi connectivity index (χ1v) is 7.87. The minimum absolute atomic E-state index is 0.264. The zero-order valence-electron chi connectivity index (χ0n) is 14.9. The van der Waals surface area contributed by atoms with E-state index in [1.165, 1.54) is 6.08 Å². The molecule has 0 amide bonds. The number of methoxy groups -OCH3 is 2.